The van der Waals surface area contributed by atoms with Crippen LogP contribution in [0.4, 0.5) is 4.39 Å². The molecule has 0 aromatic heterocycles. The van der Waals surface area contributed by atoms with Crippen LogP contribution in [0.25, 0.3) is 0 Å². The minimum Gasteiger partial charge on any atom is -0.373 e. The monoisotopic (exact) mass is 479 g/mol. The van der Waals surface area contributed by atoms with Crippen molar-refractivity contribution in [2.24, 2.45) is 4.99 Å². The van der Waals surface area contributed by atoms with Gasteiger partial charge in [-0.2, -0.15) is 0 Å². The SMILES string of the molecule is CCNC(=NCCCSc1ccc(F)cc1)NC1CC2CCC1O2.I. The van der Waals surface area contributed by atoms with Gasteiger partial charge in [0.25, 0.3) is 0 Å². The molecule has 0 aliphatic carbocycles. The molecule has 0 radical (unpaired) electrons. The number of thioether (sulfide) groups is 1. The molecule has 1 aromatic carbocycles. The lowest BCUT2D eigenvalue weighted by Gasteiger charge is -2.22. The van der Waals surface area contributed by atoms with E-state index in [1.165, 1.54) is 18.6 Å². The molecule has 2 saturated heterocycles. The van der Waals surface area contributed by atoms with Gasteiger partial charge >= 0.3 is 0 Å². The standard InChI is InChI=1S/C18H26FN3OS.HI/c1-2-20-18(22-16-12-14-6-9-17(16)23-14)21-10-3-11-24-15-7-4-13(19)5-8-15;/h4-5,7-8,14,16-17H,2-3,6,9-12H2,1H3,(H2,20,21,22);1H. The second-order valence-corrected chi connectivity index (χ2v) is 7.45. The predicted octanol–water partition coefficient (Wildman–Crippen LogP) is 3.80. The molecule has 3 atom stereocenters. The molecular weight excluding hydrogens is 452 g/mol. The van der Waals surface area contributed by atoms with Crippen molar-refractivity contribution in [2.45, 2.75) is 55.8 Å². The molecule has 140 valence electrons. The minimum atomic E-state index is -0.185. The number of hydrogen-bond acceptors (Lipinski definition) is 3. The molecule has 0 spiro atoms. The first-order valence-corrected chi connectivity index (χ1v) is 9.82. The van der Waals surface area contributed by atoms with Gasteiger partial charge in [0.05, 0.1) is 18.2 Å². The van der Waals surface area contributed by atoms with E-state index in [1.54, 1.807) is 11.8 Å². The summed E-state index contributed by atoms with van der Waals surface area (Å²) in [5.41, 5.74) is 0. The number of fused-ring (bicyclic) bond motifs is 2. The van der Waals surface area contributed by atoms with E-state index in [4.69, 9.17) is 4.74 Å². The summed E-state index contributed by atoms with van der Waals surface area (Å²) in [4.78, 5) is 5.77. The number of nitrogens with one attached hydrogen (secondary N) is 2. The Balaban J connectivity index is 0.00000225. The zero-order valence-corrected chi connectivity index (χ0v) is 17.7. The largest absolute Gasteiger partial charge is 0.373 e. The number of guanidine groups is 1. The molecule has 2 fully saturated rings. The lowest BCUT2D eigenvalue weighted by molar-refractivity contribution is 0.0992. The highest BCUT2D eigenvalue weighted by molar-refractivity contribution is 14.0. The first kappa shape index (κ1) is 20.8. The highest BCUT2D eigenvalue weighted by atomic mass is 127. The van der Waals surface area contributed by atoms with Gasteiger partial charge in [0.2, 0.25) is 0 Å². The molecule has 2 heterocycles. The first-order chi connectivity index (χ1) is 11.7. The summed E-state index contributed by atoms with van der Waals surface area (Å²) in [6, 6.07) is 7.06. The maximum Gasteiger partial charge on any atom is 0.191 e. The Bertz CT molecular complexity index is 558. The third-order valence-corrected chi connectivity index (χ3v) is 5.53. The Labute approximate surface area is 170 Å². The Kier molecular flexibility index (Phi) is 8.78. The summed E-state index contributed by atoms with van der Waals surface area (Å²) in [7, 11) is 0. The van der Waals surface area contributed by atoms with E-state index in [2.05, 4.69) is 22.5 Å². The van der Waals surface area contributed by atoms with Gasteiger partial charge in [-0.15, -0.1) is 35.7 Å². The van der Waals surface area contributed by atoms with Crippen LogP contribution in [-0.2, 0) is 4.74 Å². The van der Waals surface area contributed by atoms with Crippen molar-refractivity contribution in [3.05, 3.63) is 30.1 Å². The number of benzene rings is 1. The summed E-state index contributed by atoms with van der Waals surface area (Å²) in [5, 5.41) is 6.85. The van der Waals surface area contributed by atoms with E-state index >= 15 is 0 Å². The molecule has 7 heteroatoms. The smallest absolute Gasteiger partial charge is 0.191 e. The normalized spacial score (nSPS) is 24.9. The second-order valence-electron chi connectivity index (χ2n) is 6.28. The molecule has 0 amide bonds. The van der Waals surface area contributed by atoms with Crippen LogP contribution in [0, 0.1) is 5.82 Å². The zero-order valence-electron chi connectivity index (χ0n) is 14.5. The van der Waals surface area contributed by atoms with E-state index < -0.39 is 0 Å². The number of hydrogen-bond donors (Lipinski definition) is 2. The van der Waals surface area contributed by atoms with Gasteiger partial charge in [-0.3, -0.25) is 4.99 Å². The topological polar surface area (TPSA) is 45.7 Å². The average molecular weight is 479 g/mol. The van der Waals surface area contributed by atoms with Gasteiger partial charge in [0, 0.05) is 18.0 Å². The van der Waals surface area contributed by atoms with Crippen molar-refractivity contribution in [2.75, 3.05) is 18.8 Å². The molecule has 2 aliphatic heterocycles. The molecule has 3 unspecified atom stereocenters. The van der Waals surface area contributed by atoms with Gasteiger partial charge < -0.3 is 15.4 Å². The summed E-state index contributed by atoms with van der Waals surface area (Å²) >= 11 is 1.74. The van der Waals surface area contributed by atoms with Crippen LogP contribution in [0.1, 0.15) is 32.6 Å². The van der Waals surface area contributed by atoms with Crippen LogP contribution < -0.4 is 10.6 Å². The van der Waals surface area contributed by atoms with Crippen LogP contribution in [-0.4, -0.2) is 43.1 Å². The quantitative estimate of drug-likeness (QED) is 0.205. The number of rotatable bonds is 7. The Morgan fingerprint density at radius 1 is 1.32 bits per heavy atom. The average Bonchev–Trinajstić information content (AvgIpc) is 3.19. The van der Waals surface area contributed by atoms with Crippen molar-refractivity contribution < 1.29 is 9.13 Å². The van der Waals surface area contributed by atoms with Gasteiger partial charge in [-0.25, -0.2) is 4.39 Å². The van der Waals surface area contributed by atoms with Gasteiger partial charge in [0.15, 0.2) is 5.96 Å². The second kappa shape index (κ2) is 10.6. The molecule has 2 bridgehead atoms. The molecule has 2 N–H and O–H groups in total. The predicted molar refractivity (Wildman–Crippen MR) is 113 cm³/mol. The van der Waals surface area contributed by atoms with E-state index in [1.807, 2.05) is 12.1 Å². The molecular formula is C18H27FIN3OS. The van der Waals surface area contributed by atoms with Crippen LogP contribution in [0.2, 0.25) is 0 Å². The molecule has 1 aromatic rings. The molecule has 4 nitrogen and oxygen atoms in total. The summed E-state index contributed by atoms with van der Waals surface area (Å²) in [6.45, 7) is 3.72. The third-order valence-electron chi connectivity index (χ3n) is 4.43. The van der Waals surface area contributed by atoms with E-state index in [0.29, 0.717) is 18.2 Å². The van der Waals surface area contributed by atoms with Crippen molar-refractivity contribution in [3.63, 3.8) is 0 Å². The van der Waals surface area contributed by atoms with Crippen molar-refractivity contribution in [1.29, 1.82) is 0 Å². The van der Waals surface area contributed by atoms with Gasteiger partial charge in [-0.05, 0) is 62.6 Å². The Hall–Kier alpha value is -0.540. The van der Waals surface area contributed by atoms with Crippen LogP contribution in [0.5, 0.6) is 0 Å². The fourth-order valence-corrected chi connectivity index (χ4v) is 4.10. The van der Waals surface area contributed by atoms with E-state index in [0.717, 1.165) is 49.0 Å². The van der Waals surface area contributed by atoms with Crippen molar-refractivity contribution in [3.8, 4) is 0 Å². The zero-order chi connectivity index (χ0) is 16.8. The molecule has 2 aliphatic rings. The highest BCUT2D eigenvalue weighted by Gasteiger charge is 2.41. The van der Waals surface area contributed by atoms with Crippen LogP contribution in [0.3, 0.4) is 0 Å². The number of aliphatic imine (C=N–C) groups is 1. The van der Waals surface area contributed by atoms with E-state index in [-0.39, 0.29) is 29.8 Å². The Morgan fingerprint density at radius 3 is 2.76 bits per heavy atom. The summed E-state index contributed by atoms with van der Waals surface area (Å²) < 4.78 is 18.8. The molecule has 25 heavy (non-hydrogen) atoms. The molecule has 3 rings (SSSR count). The fraction of sp³-hybridized carbons (Fsp3) is 0.611. The maximum atomic E-state index is 12.9. The lowest BCUT2D eigenvalue weighted by Crippen LogP contribution is -2.47. The molecule has 0 saturated carbocycles. The number of halogens is 2. The van der Waals surface area contributed by atoms with E-state index in [9.17, 15) is 4.39 Å². The first-order valence-electron chi connectivity index (χ1n) is 8.83. The summed E-state index contributed by atoms with van der Waals surface area (Å²) in [6.07, 6.45) is 5.25. The third kappa shape index (κ3) is 6.29. The fourth-order valence-electron chi connectivity index (χ4n) is 3.26. The van der Waals surface area contributed by atoms with Gasteiger partial charge in [-0.1, -0.05) is 0 Å². The Morgan fingerprint density at radius 2 is 2.12 bits per heavy atom. The van der Waals surface area contributed by atoms with Crippen LogP contribution >= 0.6 is 35.7 Å². The minimum absolute atomic E-state index is 0. The van der Waals surface area contributed by atoms with Crippen molar-refractivity contribution in [1.82, 2.24) is 10.6 Å². The van der Waals surface area contributed by atoms with Crippen molar-refractivity contribution >= 4 is 41.7 Å². The van der Waals surface area contributed by atoms with Crippen LogP contribution in [0.15, 0.2) is 34.2 Å². The number of nitrogens with zero attached hydrogens (tertiary/aromatic N) is 1. The summed E-state index contributed by atoms with van der Waals surface area (Å²) in [5.74, 6) is 1.69. The maximum absolute atomic E-state index is 12.9. The van der Waals surface area contributed by atoms with Gasteiger partial charge in [0.1, 0.15) is 5.82 Å². The lowest BCUT2D eigenvalue weighted by atomic mass is 9.96. The number of ether oxygens (including phenoxy) is 1. The highest BCUT2D eigenvalue weighted by Crippen LogP contribution is 2.34.